The van der Waals surface area contributed by atoms with Gasteiger partial charge in [-0.1, -0.05) is 30.3 Å². The molecule has 1 saturated heterocycles. The fourth-order valence-corrected chi connectivity index (χ4v) is 2.99. The van der Waals surface area contributed by atoms with Crippen LogP contribution in [0.5, 0.6) is 0 Å². The Bertz CT molecular complexity index is 727. The molecule has 2 heterocycles. The number of hydrogen-bond donors (Lipinski definition) is 3. The van der Waals surface area contributed by atoms with Crippen LogP contribution in [0.2, 0.25) is 0 Å². The molecule has 0 aliphatic carbocycles. The van der Waals surface area contributed by atoms with Gasteiger partial charge in [0.05, 0.1) is 0 Å². The van der Waals surface area contributed by atoms with Crippen molar-refractivity contribution in [3.8, 4) is 0 Å². The quantitative estimate of drug-likeness (QED) is 0.717. The minimum atomic E-state index is -0.352. The lowest BCUT2D eigenvalue weighted by Crippen LogP contribution is -2.42. The van der Waals surface area contributed by atoms with Crippen LogP contribution in [0.3, 0.4) is 0 Å². The highest BCUT2D eigenvalue weighted by Crippen LogP contribution is 2.19. The molecule has 126 valence electrons. The van der Waals surface area contributed by atoms with E-state index in [-0.39, 0.29) is 35.7 Å². The molecular weight excluding hydrogens is 308 g/mol. The Morgan fingerprint density at radius 1 is 1.25 bits per heavy atom. The van der Waals surface area contributed by atoms with Gasteiger partial charge in [-0.3, -0.25) is 14.5 Å². The third kappa shape index (κ3) is 3.87. The lowest BCUT2D eigenvalue weighted by Gasteiger charge is -2.17. The van der Waals surface area contributed by atoms with Crippen LogP contribution in [-0.2, 0) is 6.54 Å². The van der Waals surface area contributed by atoms with Crippen molar-refractivity contribution in [2.75, 3.05) is 19.7 Å². The number of nitrogens with one attached hydrogen (secondary N) is 2. The van der Waals surface area contributed by atoms with Crippen molar-refractivity contribution >= 4 is 5.91 Å². The van der Waals surface area contributed by atoms with E-state index in [9.17, 15) is 14.7 Å². The standard InChI is InChI=1S/C17H20N4O3/c22-11-13-9-21(8-12-4-2-1-3-5-12)10-15(13)18-17(24)14-6-7-16(23)20-19-14/h1-7,13,15,22H,8-11H2,(H,18,24)(H,20,23)/t13-,15+/m0/s1. The molecule has 7 heteroatoms. The molecule has 0 unspecified atom stereocenters. The summed E-state index contributed by atoms with van der Waals surface area (Å²) in [4.78, 5) is 25.5. The van der Waals surface area contributed by atoms with Gasteiger partial charge in [0.2, 0.25) is 0 Å². The highest BCUT2D eigenvalue weighted by Gasteiger charge is 2.33. The summed E-state index contributed by atoms with van der Waals surface area (Å²) in [5.74, 6) is -0.378. The summed E-state index contributed by atoms with van der Waals surface area (Å²) in [5, 5.41) is 18.5. The summed E-state index contributed by atoms with van der Waals surface area (Å²) in [6.07, 6.45) is 0. The van der Waals surface area contributed by atoms with Gasteiger partial charge in [0.15, 0.2) is 0 Å². The summed E-state index contributed by atoms with van der Waals surface area (Å²) >= 11 is 0. The van der Waals surface area contributed by atoms with Crippen LogP contribution in [0.15, 0.2) is 47.3 Å². The molecule has 2 aromatic rings. The van der Waals surface area contributed by atoms with Gasteiger partial charge in [-0.05, 0) is 11.6 Å². The Morgan fingerprint density at radius 2 is 2.04 bits per heavy atom. The summed E-state index contributed by atoms with van der Waals surface area (Å²) in [6.45, 7) is 2.17. The Morgan fingerprint density at radius 3 is 2.71 bits per heavy atom. The van der Waals surface area contributed by atoms with E-state index in [1.54, 1.807) is 0 Å². The number of aromatic amines is 1. The van der Waals surface area contributed by atoms with Crippen molar-refractivity contribution < 1.29 is 9.90 Å². The molecule has 2 atom stereocenters. The zero-order chi connectivity index (χ0) is 16.9. The number of rotatable bonds is 5. The fourth-order valence-electron chi connectivity index (χ4n) is 2.99. The third-order valence-corrected chi connectivity index (χ3v) is 4.23. The monoisotopic (exact) mass is 328 g/mol. The first-order chi connectivity index (χ1) is 11.7. The summed E-state index contributed by atoms with van der Waals surface area (Å²) in [7, 11) is 0. The van der Waals surface area contributed by atoms with Crippen molar-refractivity contribution in [1.82, 2.24) is 20.4 Å². The maximum Gasteiger partial charge on any atom is 0.271 e. The van der Waals surface area contributed by atoms with Crippen molar-refractivity contribution in [2.24, 2.45) is 5.92 Å². The largest absolute Gasteiger partial charge is 0.396 e. The molecule has 1 fully saturated rings. The number of aliphatic hydroxyl groups is 1. The van der Waals surface area contributed by atoms with Crippen LogP contribution in [0.4, 0.5) is 0 Å². The van der Waals surface area contributed by atoms with E-state index in [0.29, 0.717) is 6.54 Å². The van der Waals surface area contributed by atoms with Crippen molar-refractivity contribution in [2.45, 2.75) is 12.6 Å². The molecule has 1 amide bonds. The zero-order valence-corrected chi connectivity index (χ0v) is 13.2. The molecular formula is C17H20N4O3. The molecule has 3 N–H and O–H groups in total. The number of H-pyrrole nitrogens is 1. The number of hydrogen-bond acceptors (Lipinski definition) is 5. The maximum atomic E-state index is 12.2. The van der Waals surface area contributed by atoms with E-state index < -0.39 is 0 Å². The van der Waals surface area contributed by atoms with E-state index in [2.05, 4.69) is 32.5 Å². The molecule has 1 aromatic carbocycles. The van der Waals surface area contributed by atoms with Gasteiger partial charge in [0.25, 0.3) is 11.5 Å². The molecule has 7 nitrogen and oxygen atoms in total. The number of carbonyl (C=O) groups is 1. The van der Waals surface area contributed by atoms with Crippen LogP contribution in [0.25, 0.3) is 0 Å². The van der Waals surface area contributed by atoms with E-state index in [1.165, 1.54) is 17.7 Å². The number of aromatic nitrogens is 2. The molecule has 0 bridgehead atoms. The van der Waals surface area contributed by atoms with E-state index in [0.717, 1.165) is 13.1 Å². The van der Waals surface area contributed by atoms with Gasteiger partial charge in [0, 0.05) is 44.3 Å². The van der Waals surface area contributed by atoms with Crippen LogP contribution >= 0.6 is 0 Å². The topological polar surface area (TPSA) is 98.3 Å². The summed E-state index contributed by atoms with van der Waals surface area (Å²) in [6, 6.07) is 12.6. The molecule has 1 aliphatic heterocycles. The predicted molar refractivity (Wildman–Crippen MR) is 88.4 cm³/mol. The smallest absolute Gasteiger partial charge is 0.271 e. The Balaban J connectivity index is 1.63. The second-order valence-electron chi connectivity index (χ2n) is 6.01. The third-order valence-electron chi connectivity index (χ3n) is 4.23. The van der Waals surface area contributed by atoms with Crippen LogP contribution < -0.4 is 10.9 Å². The number of benzene rings is 1. The molecule has 0 radical (unpaired) electrons. The van der Waals surface area contributed by atoms with Crippen molar-refractivity contribution in [1.29, 1.82) is 0 Å². The molecule has 0 saturated carbocycles. The Kier molecular flexibility index (Phi) is 5.02. The normalized spacial score (nSPS) is 20.9. The average Bonchev–Trinajstić information content (AvgIpc) is 2.97. The minimum Gasteiger partial charge on any atom is -0.396 e. The predicted octanol–water partition coefficient (Wildman–Crippen LogP) is -0.00740. The summed E-state index contributed by atoms with van der Waals surface area (Å²) in [5.41, 5.74) is 1.01. The highest BCUT2D eigenvalue weighted by molar-refractivity contribution is 5.92. The number of aliphatic hydroxyl groups excluding tert-OH is 1. The van der Waals surface area contributed by atoms with Gasteiger partial charge >= 0.3 is 0 Å². The van der Waals surface area contributed by atoms with Gasteiger partial charge in [-0.15, -0.1) is 0 Å². The van der Waals surface area contributed by atoms with Crippen LogP contribution in [0.1, 0.15) is 16.1 Å². The molecule has 1 aliphatic rings. The number of amides is 1. The van der Waals surface area contributed by atoms with Crippen molar-refractivity contribution in [3.63, 3.8) is 0 Å². The van der Waals surface area contributed by atoms with Crippen LogP contribution in [-0.4, -0.2) is 51.8 Å². The van der Waals surface area contributed by atoms with Gasteiger partial charge in [0.1, 0.15) is 5.69 Å². The first-order valence-corrected chi connectivity index (χ1v) is 7.89. The fraction of sp³-hybridized carbons (Fsp3) is 0.353. The van der Waals surface area contributed by atoms with E-state index >= 15 is 0 Å². The van der Waals surface area contributed by atoms with Crippen molar-refractivity contribution in [3.05, 3.63) is 64.1 Å². The van der Waals surface area contributed by atoms with E-state index in [4.69, 9.17) is 0 Å². The minimum absolute atomic E-state index is 0.00921. The van der Waals surface area contributed by atoms with Gasteiger partial charge in [-0.25, -0.2) is 5.10 Å². The lowest BCUT2D eigenvalue weighted by atomic mass is 10.1. The Hall–Kier alpha value is -2.51. The number of nitrogens with zero attached hydrogens (tertiary/aromatic N) is 2. The first kappa shape index (κ1) is 16.4. The number of likely N-dealkylation sites (tertiary alicyclic amines) is 1. The van der Waals surface area contributed by atoms with Crippen LogP contribution in [0, 0.1) is 5.92 Å². The maximum absolute atomic E-state index is 12.2. The average molecular weight is 328 g/mol. The molecule has 24 heavy (non-hydrogen) atoms. The molecule has 0 spiro atoms. The highest BCUT2D eigenvalue weighted by atomic mass is 16.3. The SMILES string of the molecule is O=C(N[C@@H]1CN(Cc2ccccc2)C[C@H]1CO)c1ccc(=O)[nH]n1. The second kappa shape index (κ2) is 7.37. The second-order valence-corrected chi connectivity index (χ2v) is 6.01. The Labute approximate surface area is 139 Å². The van der Waals surface area contributed by atoms with E-state index in [1.807, 2.05) is 18.2 Å². The number of carbonyl (C=O) groups excluding carboxylic acids is 1. The van der Waals surface area contributed by atoms with Gasteiger partial charge in [-0.2, -0.15) is 5.10 Å². The molecule has 3 rings (SSSR count). The molecule has 1 aromatic heterocycles. The van der Waals surface area contributed by atoms with Gasteiger partial charge < -0.3 is 10.4 Å². The lowest BCUT2D eigenvalue weighted by molar-refractivity contribution is 0.0915. The summed E-state index contributed by atoms with van der Waals surface area (Å²) < 4.78 is 0. The first-order valence-electron chi connectivity index (χ1n) is 7.89. The zero-order valence-electron chi connectivity index (χ0n) is 13.2.